The number of fused-ring (bicyclic) bond motifs is 1. The Morgan fingerprint density at radius 2 is 1.95 bits per heavy atom. The van der Waals surface area contributed by atoms with Gasteiger partial charge in [0.15, 0.2) is 0 Å². The maximum atomic E-state index is 6.11. The van der Waals surface area contributed by atoms with E-state index in [9.17, 15) is 0 Å². The number of ether oxygens (including phenoxy) is 1. The lowest BCUT2D eigenvalue weighted by Crippen LogP contribution is -1.97. The smallest absolute Gasteiger partial charge is 0.240 e. The molecular formula is C15H11Cl2N3O. The third-order valence-corrected chi connectivity index (χ3v) is 3.48. The van der Waals surface area contributed by atoms with Gasteiger partial charge >= 0.3 is 0 Å². The van der Waals surface area contributed by atoms with Crippen LogP contribution in [0.2, 0.25) is 10.0 Å². The second-order valence-electron chi connectivity index (χ2n) is 4.32. The number of rotatable bonds is 3. The molecule has 0 spiro atoms. The monoisotopic (exact) mass is 319 g/mol. The minimum Gasteiger partial charge on any atom is -0.437 e. The summed E-state index contributed by atoms with van der Waals surface area (Å²) in [6.45, 7) is 0. The molecule has 0 saturated heterocycles. The fraction of sp³-hybridized carbons (Fsp3) is 0.0667. The highest BCUT2D eigenvalue weighted by molar-refractivity contribution is 6.36. The number of nitrogens with one attached hydrogen (secondary N) is 1. The highest BCUT2D eigenvalue weighted by Crippen LogP contribution is 2.33. The lowest BCUT2D eigenvalue weighted by Gasteiger charge is -2.10. The van der Waals surface area contributed by atoms with E-state index in [0.29, 0.717) is 27.5 Å². The van der Waals surface area contributed by atoms with Crippen LogP contribution in [0.25, 0.3) is 10.9 Å². The van der Waals surface area contributed by atoms with E-state index < -0.39 is 0 Å². The first-order valence-corrected chi connectivity index (χ1v) is 6.99. The Bertz CT molecular complexity index is 808. The normalized spacial score (nSPS) is 10.6. The predicted molar refractivity (Wildman–Crippen MR) is 85.6 cm³/mol. The maximum Gasteiger partial charge on any atom is 0.240 e. The van der Waals surface area contributed by atoms with Gasteiger partial charge in [-0.3, -0.25) is 4.98 Å². The fourth-order valence-corrected chi connectivity index (χ4v) is 2.41. The van der Waals surface area contributed by atoms with Crippen LogP contribution in [0.5, 0.6) is 11.6 Å². The van der Waals surface area contributed by atoms with Crippen LogP contribution in [0.15, 0.2) is 42.6 Å². The molecule has 3 rings (SSSR count). The number of pyridine rings is 2. The van der Waals surface area contributed by atoms with Gasteiger partial charge in [-0.25, -0.2) is 0 Å². The van der Waals surface area contributed by atoms with E-state index >= 15 is 0 Å². The van der Waals surface area contributed by atoms with Gasteiger partial charge in [-0.05, 0) is 24.3 Å². The first-order chi connectivity index (χ1) is 10.2. The zero-order valence-electron chi connectivity index (χ0n) is 11.1. The van der Waals surface area contributed by atoms with Crippen LogP contribution in [-0.4, -0.2) is 17.0 Å². The number of hydrogen-bond acceptors (Lipinski definition) is 4. The highest BCUT2D eigenvalue weighted by Gasteiger charge is 2.11. The molecule has 0 saturated carbocycles. The Morgan fingerprint density at radius 3 is 2.76 bits per heavy atom. The van der Waals surface area contributed by atoms with Gasteiger partial charge in [-0.2, -0.15) is 4.98 Å². The number of halogens is 2. The molecule has 2 aromatic heterocycles. The average molecular weight is 320 g/mol. The third-order valence-electron chi connectivity index (χ3n) is 2.93. The second kappa shape index (κ2) is 5.76. The van der Waals surface area contributed by atoms with Crippen molar-refractivity contribution in [2.24, 2.45) is 0 Å². The molecule has 1 aromatic carbocycles. The highest BCUT2D eigenvalue weighted by atomic mass is 35.5. The van der Waals surface area contributed by atoms with Crippen molar-refractivity contribution in [2.45, 2.75) is 0 Å². The summed E-state index contributed by atoms with van der Waals surface area (Å²) < 4.78 is 5.73. The number of nitrogens with zero attached hydrogens (tertiary/aromatic N) is 2. The molecule has 21 heavy (non-hydrogen) atoms. The third kappa shape index (κ3) is 2.86. The van der Waals surface area contributed by atoms with E-state index in [-0.39, 0.29) is 0 Å². The van der Waals surface area contributed by atoms with E-state index in [1.165, 1.54) is 0 Å². The molecule has 0 aliphatic heterocycles. The van der Waals surface area contributed by atoms with Crippen LogP contribution in [0.1, 0.15) is 0 Å². The van der Waals surface area contributed by atoms with Gasteiger partial charge in [-0.1, -0.05) is 29.3 Å². The minimum absolute atomic E-state index is 0.292. The quantitative estimate of drug-likeness (QED) is 0.755. The molecule has 4 nitrogen and oxygen atoms in total. The predicted octanol–water partition coefficient (Wildman–Crippen LogP) is 4.77. The average Bonchev–Trinajstić information content (AvgIpc) is 2.50. The Balaban J connectivity index is 1.98. The summed E-state index contributed by atoms with van der Waals surface area (Å²) in [5.74, 6) is 1.41. The van der Waals surface area contributed by atoms with Crippen molar-refractivity contribution >= 4 is 39.9 Å². The molecule has 0 atom stereocenters. The maximum absolute atomic E-state index is 6.11. The molecule has 0 bridgehead atoms. The number of hydrogen-bond donors (Lipinski definition) is 1. The largest absolute Gasteiger partial charge is 0.437 e. The van der Waals surface area contributed by atoms with E-state index in [1.807, 2.05) is 30.3 Å². The van der Waals surface area contributed by atoms with Crippen LogP contribution in [-0.2, 0) is 0 Å². The van der Waals surface area contributed by atoms with Gasteiger partial charge in [-0.15, -0.1) is 0 Å². The zero-order valence-corrected chi connectivity index (χ0v) is 12.6. The van der Waals surface area contributed by atoms with Crippen LogP contribution in [0.4, 0.5) is 5.82 Å². The van der Waals surface area contributed by atoms with Crippen molar-refractivity contribution in [1.29, 1.82) is 0 Å². The summed E-state index contributed by atoms with van der Waals surface area (Å²) in [7, 11) is 1.73. The van der Waals surface area contributed by atoms with Crippen molar-refractivity contribution in [2.75, 3.05) is 12.4 Å². The second-order valence-corrected chi connectivity index (χ2v) is 5.13. The van der Waals surface area contributed by atoms with Crippen LogP contribution >= 0.6 is 23.2 Å². The first kappa shape index (κ1) is 13.9. The van der Waals surface area contributed by atoms with Crippen LogP contribution < -0.4 is 10.1 Å². The van der Waals surface area contributed by atoms with Gasteiger partial charge < -0.3 is 10.1 Å². The Labute approximate surface area is 131 Å². The molecule has 0 radical (unpaired) electrons. The van der Waals surface area contributed by atoms with Crippen molar-refractivity contribution in [3.05, 3.63) is 52.6 Å². The molecule has 2 heterocycles. The number of benzene rings is 1. The Morgan fingerprint density at radius 1 is 1.10 bits per heavy atom. The van der Waals surface area contributed by atoms with Gasteiger partial charge in [0.25, 0.3) is 0 Å². The lowest BCUT2D eigenvalue weighted by molar-refractivity contribution is 0.464. The molecule has 106 valence electrons. The van der Waals surface area contributed by atoms with Crippen molar-refractivity contribution < 1.29 is 4.74 Å². The molecule has 6 heteroatoms. The van der Waals surface area contributed by atoms with Crippen LogP contribution in [0.3, 0.4) is 0 Å². The van der Waals surface area contributed by atoms with Crippen molar-refractivity contribution in [1.82, 2.24) is 9.97 Å². The molecule has 0 aliphatic rings. The van der Waals surface area contributed by atoms with Gasteiger partial charge in [0, 0.05) is 24.7 Å². The van der Waals surface area contributed by atoms with E-state index in [1.54, 1.807) is 19.3 Å². The van der Waals surface area contributed by atoms with Gasteiger partial charge in [0.1, 0.15) is 16.6 Å². The zero-order chi connectivity index (χ0) is 14.8. The lowest BCUT2D eigenvalue weighted by atomic mass is 10.2. The number of aromatic nitrogens is 2. The minimum atomic E-state index is 0.292. The van der Waals surface area contributed by atoms with Gasteiger partial charge in [0.2, 0.25) is 5.88 Å². The number of anilines is 1. The van der Waals surface area contributed by atoms with Gasteiger partial charge in [0.05, 0.1) is 10.5 Å². The standard InChI is InChI=1S/C15H11Cl2N3O/c1-18-14-11(16)8-12(17)15(20-14)21-10-5-4-9-3-2-6-19-13(9)7-10/h2-8H,1H3,(H,18,20). The summed E-state index contributed by atoms with van der Waals surface area (Å²) in [6.07, 6.45) is 1.73. The van der Waals surface area contributed by atoms with Crippen molar-refractivity contribution in [3.8, 4) is 11.6 Å². The molecule has 0 fully saturated rings. The molecular weight excluding hydrogens is 309 g/mol. The molecule has 0 aliphatic carbocycles. The fourth-order valence-electron chi connectivity index (χ4n) is 1.92. The Kier molecular flexibility index (Phi) is 3.82. The first-order valence-electron chi connectivity index (χ1n) is 6.24. The summed E-state index contributed by atoms with van der Waals surface area (Å²) in [5.41, 5.74) is 0.842. The van der Waals surface area contributed by atoms with E-state index in [0.717, 1.165) is 10.9 Å². The topological polar surface area (TPSA) is 47.0 Å². The molecule has 1 N–H and O–H groups in total. The SMILES string of the molecule is CNc1nc(Oc2ccc3cccnc3c2)c(Cl)cc1Cl. The summed E-state index contributed by atoms with van der Waals surface area (Å²) in [6, 6.07) is 11.1. The van der Waals surface area contributed by atoms with E-state index in [2.05, 4.69) is 15.3 Å². The summed E-state index contributed by atoms with van der Waals surface area (Å²) in [5, 5.41) is 4.71. The molecule has 3 aromatic rings. The van der Waals surface area contributed by atoms with Crippen molar-refractivity contribution in [3.63, 3.8) is 0 Å². The summed E-state index contributed by atoms with van der Waals surface area (Å²) in [4.78, 5) is 8.53. The summed E-state index contributed by atoms with van der Waals surface area (Å²) >= 11 is 12.1. The van der Waals surface area contributed by atoms with Crippen LogP contribution in [0, 0.1) is 0 Å². The Hall–Kier alpha value is -2.04. The molecule has 0 amide bonds. The van der Waals surface area contributed by atoms with E-state index in [4.69, 9.17) is 27.9 Å². The molecule has 0 unspecified atom stereocenters.